The lowest BCUT2D eigenvalue weighted by atomic mass is 9.96. The van der Waals surface area contributed by atoms with Crippen LogP contribution in [-0.4, -0.2) is 25.7 Å². The zero-order chi connectivity index (χ0) is 11.8. The molecule has 2 N–H and O–H groups in total. The Morgan fingerprint density at radius 3 is 3.06 bits per heavy atom. The minimum absolute atomic E-state index is 0.516. The number of ether oxygens (including phenoxy) is 1. The van der Waals surface area contributed by atoms with Crippen LogP contribution >= 0.6 is 0 Å². The number of hydrogen-bond acceptors (Lipinski definition) is 3. The Hall–Kier alpha value is -1.22. The van der Waals surface area contributed by atoms with Gasteiger partial charge in [-0.05, 0) is 37.3 Å². The fourth-order valence-electron chi connectivity index (χ4n) is 3.33. The second kappa shape index (κ2) is 4.22. The molecule has 92 valence electrons. The summed E-state index contributed by atoms with van der Waals surface area (Å²) in [5.74, 6) is 0.950. The van der Waals surface area contributed by atoms with Gasteiger partial charge in [0, 0.05) is 30.4 Å². The molecule has 3 heteroatoms. The maximum atomic E-state index is 5.91. The molecule has 0 aromatic heterocycles. The van der Waals surface area contributed by atoms with Gasteiger partial charge in [0.1, 0.15) is 5.75 Å². The SMILES string of the molecule is COc1ccc2c(c1)N1C(CN)CCCC1C2. The highest BCUT2D eigenvalue weighted by Gasteiger charge is 2.36. The molecule has 0 bridgehead atoms. The highest BCUT2D eigenvalue weighted by atomic mass is 16.5. The van der Waals surface area contributed by atoms with Crippen molar-refractivity contribution in [3.05, 3.63) is 23.8 Å². The quantitative estimate of drug-likeness (QED) is 0.847. The van der Waals surface area contributed by atoms with Gasteiger partial charge in [-0.3, -0.25) is 0 Å². The molecule has 3 rings (SSSR count). The molecule has 2 unspecified atom stereocenters. The maximum Gasteiger partial charge on any atom is 0.120 e. The van der Waals surface area contributed by atoms with Crippen molar-refractivity contribution in [2.75, 3.05) is 18.6 Å². The van der Waals surface area contributed by atoms with Gasteiger partial charge in [-0.15, -0.1) is 0 Å². The predicted molar refractivity (Wildman–Crippen MR) is 69.7 cm³/mol. The molecule has 0 spiro atoms. The second-order valence-electron chi connectivity index (χ2n) is 5.08. The zero-order valence-electron chi connectivity index (χ0n) is 10.4. The Bertz CT molecular complexity index is 413. The lowest BCUT2D eigenvalue weighted by molar-refractivity contribution is 0.397. The lowest BCUT2D eigenvalue weighted by Gasteiger charge is -2.39. The van der Waals surface area contributed by atoms with Crippen LogP contribution < -0.4 is 15.4 Å². The zero-order valence-corrected chi connectivity index (χ0v) is 10.4. The van der Waals surface area contributed by atoms with Gasteiger partial charge in [0.25, 0.3) is 0 Å². The van der Waals surface area contributed by atoms with E-state index in [-0.39, 0.29) is 0 Å². The first-order valence-corrected chi connectivity index (χ1v) is 6.49. The normalized spacial score (nSPS) is 26.6. The summed E-state index contributed by atoms with van der Waals surface area (Å²) in [6.45, 7) is 0.757. The minimum atomic E-state index is 0.516. The topological polar surface area (TPSA) is 38.5 Å². The highest BCUT2D eigenvalue weighted by molar-refractivity contribution is 5.63. The molecule has 0 saturated carbocycles. The number of methoxy groups -OCH3 is 1. The molecule has 2 atom stereocenters. The van der Waals surface area contributed by atoms with Crippen LogP contribution in [-0.2, 0) is 6.42 Å². The Balaban J connectivity index is 1.99. The van der Waals surface area contributed by atoms with E-state index in [1.54, 1.807) is 7.11 Å². The van der Waals surface area contributed by atoms with Crippen molar-refractivity contribution in [1.29, 1.82) is 0 Å². The molecule has 17 heavy (non-hydrogen) atoms. The van der Waals surface area contributed by atoms with Gasteiger partial charge < -0.3 is 15.4 Å². The second-order valence-corrected chi connectivity index (χ2v) is 5.08. The van der Waals surface area contributed by atoms with Crippen LogP contribution in [0.15, 0.2) is 18.2 Å². The monoisotopic (exact) mass is 232 g/mol. The Morgan fingerprint density at radius 1 is 1.41 bits per heavy atom. The molecule has 2 aliphatic heterocycles. The Labute approximate surface area is 103 Å². The number of benzene rings is 1. The number of rotatable bonds is 2. The van der Waals surface area contributed by atoms with E-state index in [1.807, 2.05) is 0 Å². The van der Waals surface area contributed by atoms with Crippen LogP contribution in [0.25, 0.3) is 0 Å². The van der Waals surface area contributed by atoms with Crippen molar-refractivity contribution < 1.29 is 4.74 Å². The third kappa shape index (κ3) is 1.69. The van der Waals surface area contributed by atoms with Crippen molar-refractivity contribution >= 4 is 5.69 Å². The summed E-state index contributed by atoms with van der Waals surface area (Å²) in [5, 5.41) is 0. The fourth-order valence-corrected chi connectivity index (χ4v) is 3.33. The lowest BCUT2D eigenvalue weighted by Crippen LogP contribution is -2.48. The van der Waals surface area contributed by atoms with Crippen LogP contribution in [0, 0.1) is 0 Å². The van der Waals surface area contributed by atoms with E-state index < -0.39 is 0 Å². The molecular formula is C14H20N2O. The number of nitrogens with two attached hydrogens (primary N) is 1. The van der Waals surface area contributed by atoms with Crippen LogP contribution in [0.5, 0.6) is 5.75 Å². The maximum absolute atomic E-state index is 5.91. The molecule has 1 aromatic carbocycles. The van der Waals surface area contributed by atoms with Gasteiger partial charge in [0.15, 0.2) is 0 Å². The fraction of sp³-hybridized carbons (Fsp3) is 0.571. The molecule has 0 radical (unpaired) electrons. The van der Waals surface area contributed by atoms with Crippen molar-refractivity contribution in [3.63, 3.8) is 0 Å². The first kappa shape index (κ1) is 10.9. The number of nitrogens with zero attached hydrogens (tertiary/aromatic N) is 1. The van der Waals surface area contributed by atoms with Crippen molar-refractivity contribution in [2.24, 2.45) is 5.73 Å². The van der Waals surface area contributed by atoms with Gasteiger partial charge in [-0.1, -0.05) is 6.07 Å². The Morgan fingerprint density at radius 2 is 2.29 bits per heavy atom. The molecule has 2 heterocycles. The van der Waals surface area contributed by atoms with Crippen molar-refractivity contribution in [2.45, 2.75) is 37.8 Å². The molecule has 3 nitrogen and oxygen atoms in total. The summed E-state index contributed by atoms with van der Waals surface area (Å²) in [5.41, 5.74) is 8.72. The third-order valence-corrected chi connectivity index (χ3v) is 4.16. The summed E-state index contributed by atoms with van der Waals surface area (Å²) in [4.78, 5) is 2.54. The number of piperidine rings is 1. The van der Waals surface area contributed by atoms with Crippen molar-refractivity contribution in [1.82, 2.24) is 0 Å². The number of hydrogen-bond donors (Lipinski definition) is 1. The van der Waals surface area contributed by atoms with E-state index in [0.29, 0.717) is 12.1 Å². The van der Waals surface area contributed by atoms with Crippen LogP contribution in [0.1, 0.15) is 24.8 Å². The average Bonchev–Trinajstić information content (AvgIpc) is 2.75. The summed E-state index contributed by atoms with van der Waals surface area (Å²) in [6, 6.07) is 7.62. The smallest absolute Gasteiger partial charge is 0.120 e. The molecule has 1 fully saturated rings. The summed E-state index contributed by atoms with van der Waals surface area (Å²) >= 11 is 0. The van der Waals surface area contributed by atoms with Gasteiger partial charge in [0.2, 0.25) is 0 Å². The molecule has 1 saturated heterocycles. The largest absolute Gasteiger partial charge is 0.497 e. The van der Waals surface area contributed by atoms with Gasteiger partial charge in [-0.25, -0.2) is 0 Å². The summed E-state index contributed by atoms with van der Waals surface area (Å²) < 4.78 is 5.33. The van der Waals surface area contributed by atoms with Crippen molar-refractivity contribution in [3.8, 4) is 5.75 Å². The van der Waals surface area contributed by atoms with Crippen LogP contribution in [0.4, 0.5) is 5.69 Å². The summed E-state index contributed by atoms with van der Waals surface area (Å²) in [6.07, 6.45) is 5.02. The molecule has 2 aliphatic rings. The van der Waals surface area contributed by atoms with Gasteiger partial charge in [0.05, 0.1) is 7.11 Å². The molecule has 1 aromatic rings. The Kier molecular flexibility index (Phi) is 2.71. The molecule has 0 amide bonds. The third-order valence-electron chi connectivity index (χ3n) is 4.16. The summed E-state index contributed by atoms with van der Waals surface area (Å²) in [7, 11) is 1.73. The van der Waals surface area contributed by atoms with Gasteiger partial charge >= 0.3 is 0 Å². The molecule has 0 aliphatic carbocycles. The van der Waals surface area contributed by atoms with E-state index >= 15 is 0 Å². The molecular weight excluding hydrogens is 212 g/mol. The number of fused-ring (bicyclic) bond motifs is 3. The standard InChI is InChI=1S/C14H20N2O/c1-17-13-6-5-10-7-11-3-2-4-12(9-15)16(11)14(10)8-13/h5-6,8,11-12H,2-4,7,9,15H2,1H3. The number of anilines is 1. The first-order chi connectivity index (χ1) is 8.33. The van der Waals surface area contributed by atoms with Gasteiger partial charge in [-0.2, -0.15) is 0 Å². The predicted octanol–water partition coefficient (Wildman–Crippen LogP) is 1.94. The van der Waals surface area contributed by atoms with E-state index in [4.69, 9.17) is 10.5 Å². The van der Waals surface area contributed by atoms with E-state index in [1.165, 1.54) is 36.9 Å². The highest BCUT2D eigenvalue weighted by Crippen LogP contribution is 2.41. The average molecular weight is 232 g/mol. The van der Waals surface area contributed by atoms with Crippen LogP contribution in [0.3, 0.4) is 0 Å². The van der Waals surface area contributed by atoms with E-state index in [0.717, 1.165) is 12.3 Å². The van der Waals surface area contributed by atoms with Crippen LogP contribution in [0.2, 0.25) is 0 Å². The first-order valence-electron chi connectivity index (χ1n) is 6.49. The van der Waals surface area contributed by atoms with E-state index in [9.17, 15) is 0 Å². The van der Waals surface area contributed by atoms with E-state index in [2.05, 4.69) is 23.1 Å². The minimum Gasteiger partial charge on any atom is -0.497 e.